The molecular weight excluding hydrogens is 430 g/mol. The highest BCUT2D eigenvalue weighted by molar-refractivity contribution is 6.11. The lowest BCUT2D eigenvalue weighted by molar-refractivity contribution is 0.0603. The summed E-state index contributed by atoms with van der Waals surface area (Å²) < 4.78 is 34.7. The zero-order valence-electron chi connectivity index (χ0n) is 17.3. The highest BCUT2D eigenvalue weighted by Crippen LogP contribution is 2.28. The number of halogens is 2. The molecule has 9 heteroatoms. The number of alkyl halides is 2. The molecule has 5 rings (SSSR count). The molecule has 3 heterocycles. The molecule has 0 amide bonds. The second kappa shape index (κ2) is 7.94. The lowest BCUT2D eigenvalue weighted by Crippen LogP contribution is -2.12. The second-order valence-corrected chi connectivity index (χ2v) is 7.25. The van der Waals surface area contributed by atoms with Gasteiger partial charge in [0.05, 0.1) is 30.1 Å². The Morgan fingerprint density at radius 3 is 2.45 bits per heavy atom. The van der Waals surface area contributed by atoms with Crippen LogP contribution in [0.4, 0.5) is 8.78 Å². The van der Waals surface area contributed by atoms with E-state index >= 15 is 0 Å². The van der Waals surface area contributed by atoms with Gasteiger partial charge in [0.1, 0.15) is 11.3 Å². The molecule has 3 aromatic heterocycles. The molecule has 0 saturated carbocycles. The van der Waals surface area contributed by atoms with Crippen molar-refractivity contribution in [3.8, 4) is 11.3 Å². The van der Waals surface area contributed by atoms with Crippen molar-refractivity contribution in [2.45, 2.75) is 6.43 Å². The SMILES string of the molecule is COC(=O)c1cn(C(=O)c2cnn3c(C(F)F)cc(-c4ccccc4)nc23)c2ccccc12. The van der Waals surface area contributed by atoms with Crippen molar-refractivity contribution in [2.24, 2.45) is 0 Å². The van der Waals surface area contributed by atoms with Gasteiger partial charge in [0.15, 0.2) is 5.65 Å². The van der Waals surface area contributed by atoms with Gasteiger partial charge in [-0.3, -0.25) is 9.36 Å². The molecule has 0 aliphatic heterocycles. The van der Waals surface area contributed by atoms with E-state index in [1.807, 2.05) is 0 Å². The number of aromatic nitrogens is 4. The van der Waals surface area contributed by atoms with Crippen LogP contribution in [0.15, 0.2) is 73.1 Å². The summed E-state index contributed by atoms with van der Waals surface area (Å²) in [5.41, 5.74) is 1.23. The second-order valence-electron chi connectivity index (χ2n) is 7.25. The highest BCUT2D eigenvalue weighted by atomic mass is 19.3. The lowest BCUT2D eigenvalue weighted by atomic mass is 10.1. The van der Waals surface area contributed by atoms with Crippen molar-refractivity contribution in [2.75, 3.05) is 7.11 Å². The molecule has 2 aromatic carbocycles. The molecule has 7 nitrogen and oxygen atoms in total. The Labute approximate surface area is 185 Å². The average Bonchev–Trinajstić information content (AvgIpc) is 3.45. The van der Waals surface area contributed by atoms with Gasteiger partial charge in [-0.25, -0.2) is 23.1 Å². The van der Waals surface area contributed by atoms with Crippen LogP contribution in [0.2, 0.25) is 0 Å². The van der Waals surface area contributed by atoms with Crippen LogP contribution in [0.25, 0.3) is 27.8 Å². The zero-order valence-corrected chi connectivity index (χ0v) is 17.3. The predicted molar refractivity (Wildman–Crippen MR) is 116 cm³/mol. The Morgan fingerprint density at radius 2 is 1.73 bits per heavy atom. The van der Waals surface area contributed by atoms with E-state index < -0.39 is 18.3 Å². The molecule has 0 aliphatic rings. The van der Waals surface area contributed by atoms with Crippen LogP contribution in [-0.2, 0) is 4.74 Å². The van der Waals surface area contributed by atoms with E-state index in [9.17, 15) is 18.4 Å². The van der Waals surface area contributed by atoms with Gasteiger partial charge in [0.25, 0.3) is 12.3 Å². The molecule has 33 heavy (non-hydrogen) atoms. The first-order valence-electron chi connectivity index (χ1n) is 9.95. The van der Waals surface area contributed by atoms with E-state index in [4.69, 9.17) is 4.74 Å². The number of rotatable bonds is 4. The number of methoxy groups -OCH3 is 1. The van der Waals surface area contributed by atoms with E-state index in [0.29, 0.717) is 22.2 Å². The van der Waals surface area contributed by atoms with Crippen molar-refractivity contribution in [3.05, 3.63) is 89.9 Å². The van der Waals surface area contributed by atoms with E-state index in [2.05, 4.69) is 10.1 Å². The minimum absolute atomic E-state index is 0.00551. The highest BCUT2D eigenvalue weighted by Gasteiger charge is 2.25. The summed E-state index contributed by atoms with van der Waals surface area (Å²) in [5.74, 6) is -1.16. The Kier molecular flexibility index (Phi) is 4.93. The van der Waals surface area contributed by atoms with Gasteiger partial charge in [0.2, 0.25) is 0 Å². The van der Waals surface area contributed by atoms with Gasteiger partial charge in [-0.15, -0.1) is 0 Å². The van der Waals surface area contributed by atoms with Crippen molar-refractivity contribution >= 4 is 28.4 Å². The summed E-state index contributed by atoms with van der Waals surface area (Å²) in [4.78, 5) is 30.2. The number of hydrogen-bond acceptors (Lipinski definition) is 5. The normalized spacial score (nSPS) is 11.4. The minimum atomic E-state index is -2.83. The third-order valence-electron chi connectivity index (χ3n) is 5.36. The fraction of sp³-hybridized carbons (Fsp3) is 0.0833. The first kappa shape index (κ1) is 20.5. The monoisotopic (exact) mass is 446 g/mol. The number of carbonyl (C=O) groups excluding carboxylic acids is 2. The molecule has 0 fully saturated rings. The maximum absolute atomic E-state index is 13.8. The van der Waals surface area contributed by atoms with Gasteiger partial charge < -0.3 is 4.74 Å². The van der Waals surface area contributed by atoms with Gasteiger partial charge in [-0.1, -0.05) is 48.5 Å². The number of nitrogens with zero attached hydrogens (tertiary/aromatic N) is 4. The lowest BCUT2D eigenvalue weighted by Gasteiger charge is -2.09. The molecule has 0 N–H and O–H groups in total. The van der Waals surface area contributed by atoms with Crippen molar-refractivity contribution < 1.29 is 23.1 Å². The van der Waals surface area contributed by atoms with E-state index in [-0.39, 0.29) is 22.5 Å². The molecular formula is C24H16F2N4O3. The Hall–Kier alpha value is -4.40. The minimum Gasteiger partial charge on any atom is -0.465 e. The quantitative estimate of drug-likeness (QED) is 0.372. The molecule has 0 bridgehead atoms. The van der Waals surface area contributed by atoms with Gasteiger partial charge >= 0.3 is 5.97 Å². The topological polar surface area (TPSA) is 78.5 Å². The summed E-state index contributed by atoms with van der Waals surface area (Å²) in [6.45, 7) is 0. The Bertz CT molecular complexity index is 1520. The number of hydrogen-bond donors (Lipinski definition) is 0. The molecule has 164 valence electrons. The van der Waals surface area contributed by atoms with Crippen LogP contribution < -0.4 is 0 Å². The zero-order chi connectivity index (χ0) is 23.1. The molecule has 0 spiro atoms. The fourth-order valence-electron chi connectivity index (χ4n) is 3.80. The maximum Gasteiger partial charge on any atom is 0.340 e. The maximum atomic E-state index is 13.8. The Balaban J connectivity index is 1.72. The largest absolute Gasteiger partial charge is 0.465 e. The number of carbonyl (C=O) groups is 2. The molecule has 0 atom stereocenters. The van der Waals surface area contributed by atoms with Crippen LogP contribution >= 0.6 is 0 Å². The van der Waals surface area contributed by atoms with Crippen LogP contribution in [0.1, 0.15) is 32.8 Å². The number of benzene rings is 2. The molecule has 0 aliphatic carbocycles. The van der Waals surface area contributed by atoms with E-state index in [0.717, 1.165) is 4.52 Å². The molecule has 0 saturated heterocycles. The summed E-state index contributed by atoms with van der Waals surface area (Å²) in [7, 11) is 1.25. The van der Waals surface area contributed by atoms with Crippen molar-refractivity contribution in [1.82, 2.24) is 19.2 Å². The fourth-order valence-corrected chi connectivity index (χ4v) is 3.80. The summed E-state index contributed by atoms with van der Waals surface area (Å²) >= 11 is 0. The van der Waals surface area contributed by atoms with E-state index in [1.165, 1.54) is 30.1 Å². The molecule has 0 radical (unpaired) electrons. The van der Waals surface area contributed by atoms with Crippen LogP contribution in [0.5, 0.6) is 0 Å². The van der Waals surface area contributed by atoms with Crippen LogP contribution in [-0.4, -0.2) is 38.2 Å². The number of fused-ring (bicyclic) bond motifs is 2. The average molecular weight is 446 g/mol. The van der Waals surface area contributed by atoms with Crippen LogP contribution in [0, 0.1) is 0 Å². The first-order valence-corrected chi connectivity index (χ1v) is 9.95. The smallest absolute Gasteiger partial charge is 0.340 e. The van der Waals surface area contributed by atoms with Gasteiger partial charge in [-0.2, -0.15) is 5.10 Å². The predicted octanol–water partition coefficient (Wildman–Crippen LogP) is 4.76. The molecule has 0 unspecified atom stereocenters. The third kappa shape index (κ3) is 3.34. The molecule has 5 aromatic rings. The van der Waals surface area contributed by atoms with Gasteiger partial charge in [-0.05, 0) is 12.1 Å². The standard InChI is InChI=1S/C24H16F2N4O3/c1-33-24(32)17-13-29(19-10-6-5-9-15(17)19)23(31)16-12-27-30-20(21(25)26)11-18(28-22(16)30)14-7-3-2-4-8-14/h2-13,21H,1H3. The first-order chi connectivity index (χ1) is 16.0. The summed E-state index contributed by atoms with van der Waals surface area (Å²) in [5, 5.41) is 4.54. The number of ether oxygens (including phenoxy) is 1. The Morgan fingerprint density at radius 1 is 1.00 bits per heavy atom. The third-order valence-corrected chi connectivity index (χ3v) is 5.36. The van der Waals surface area contributed by atoms with Crippen LogP contribution in [0.3, 0.4) is 0 Å². The number of esters is 1. The van der Waals surface area contributed by atoms with Gasteiger partial charge in [0, 0.05) is 17.1 Å². The summed E-state index contributed by atoms with van der Waals surface area (Å²) in [6.07, 6.45) is -0.255. The van der Waals surface area contributed by atoms with Crippen molar-refractivity contribution in [3.63, 3.8) is 0 Å². The number of para-hydroxylation sites is 1. The van der Waals surface area contributed by atoms with Crippen molar-refractivity contribution in [1.29, 1.82) is 0 Å². The summed E-state index contributed by atoms with van der Waals surface area (Å²) in [6, 6.07) is 16.9. The van der Waals surface area contributed by atoms with E-state index in [1.54, 1.807) is 54.6 Å².